The van der Waals surface area contributed by atoms with E-state index in [0.717, 1.165) is 17.5 Å². The zero-order chi connectivity index (χ0) is 17.4. The Kier molecular flexibility index (Phi) is 10.1. The van der Waals surface area contributed by atoms with E-state index in [1.165, 1.54) is 5.56 Å². The van der Waals surface area contributed by atoms with Crippen LogP contribution in [0.3, 0.4) is 0 Å². The van der Waals surface area contributed by atoms with Crippen LogP contribution >= 0.6 is 0 Å². The first-order valence-corrected chi connectivity index (χ1v) is 7.50. The number of hydrogen-bond acceptors (Lipinski definition) is 2. The Labute approximate surface area is 139 Å². The van der Waals surface area contributed by atoms with Gasteiger partial charge >= 0.3 is 19.5 Å². The van der Waals surface area contributed by atoms with Gasteiger partial charge in [0, 0.05) is 0 Å². The van der Waals surface area contributed by atoms with Crippen molar-refractivity contribution in [3.8, 4) is 5.75 Å². The average Bonchev–Trinajstić information content (AvgIpc) is 2.41. The molecule has 1 aromatic rings. The average molecular weight is 337 g/mol. The summed E-state index contributed by atoms with van der Waals surface area (Å²) < 4.78 is 7.94. The Morgan fingerprint density at radius 3 is 1.43 bits per heavy atom. The molecule has 0 amide bonds. The molecule has 0 saturated carbocycles. The number of phenolic OH excluding ortho intramolecular Hbond substituents is 1. The van der Waals surface area contributed by atoms with Crippen molar-refractivity contribution < 1.29 is 24.6 Å². The molecular formula is C18H30CoO2-2. The van der Waals surface area contributed by atoms with E-state index in [2.05, 4.69) is 83.2 Å². The molecule has 2 nitrogen and oxygen atoms in total. The number of rotatable bonds is 1. The van der Waals surface area contributed by atoms with Crippen LogP contribution in [0, 0.1) is 13.8 Å². The van der Waals surface area contributed by atoms with Gasteiger partial charge < -0.3 is 19.0 Å². The summed E-state index contributed by atoms with van der Waals surface area (Å²) in [5.74, 6) is 0.446. The number of hydrogen-bond donors (Lipinski definition) is 1. The van der Waals surface area contributed by atoms with Crippen LogP contribution < -0.4 is 0 Å². The maximum atomic E-state index is 10.5. The molecule has 1 rings (SSSR count). The first-order chi connectivity index (χ1) is 9.57. The first-order valence-electron chi connectivity index (χ1n) is 7.08. The fraction of sp³-hybridized carbons (Fsp3) is 0.556. The van der Waals surface area contributed by atoms with Gasteiger partial charge in [-0.15, -0.1) is 0 Å². The van der Waals surface area contributed by atoms with Gasteiger partial charge in [-0.3, -0.25) is 0 Å². The molecule has 0 bridgehead atoms. The van der Waals surface area contributed by atoms with Gasteiger partial charge in [0.2, 0.25) is 0 Å². The summed E-state index contributed by atoms with van der Waals surface area (Å²) in [5.41, 5.74) is 3.13. The molecule has 0 aliphatic rings. The molecule has 0 atom stereocenters. The fourth-order valence-electron chi connectivity index (χ4n) is 1.98. The normalized spacial score (nSPS) is 11.0. The number of phenols is 1. The van der Waals surface area contributed by atoms with E-state index in [-0.39, 0.29) is 10.8 Å². The van der Waals surface area contributed by atoms with Crippen molar-refractivity contribution in [3.63, 3.8) is 0 Å². The summed E-state index contributed by atoms with van der Waals surface area (Å²) >= 11 is 2.31. The van der Waals surface area contributed by atoms with Crippen molar-refractivity contribution in [2.24, 2.45) is 0 Å². The van der Waals surface area contributed by atoms with Gasteiger partial charge in [-0.05, 0) is 22.0 Å². The molecule has 0 radical (unpaired) electrons. The van der Waals surface area contributed by atoms with Crippen LogP contribution in [0.25, 0.3) is 0 Å². The Hall–Kier alpha value is -0.674. The molecule has 0 fully saturated rings. The van der Waals surface area contributed by atoms with Crippen LogP contribution in [-0.2, 0) is 36.8 Å². The molecule has 0 saturated heterocycles. The molecule has 1 N–H and O–H groups in total. The second-order valence-corrected chi connectivity index (χ2v) is 6.79. The number of aromatic hydroxyl groups is 1. The van der Waals surface area contributed by atoms with Crippen LogP contribution in [0.2, 0.25) is 0 Å². The standard InChI is InChI=1S/C16H25O.C2H5.Co.O/c1-8-11-9-12(15(2,3)4)14(17)13(10-11)16(5,6)7;1-2;;/h9-10,17H,1,8H2,2-7H3;1H2,2H3;;/q2*-1;;. The van der Waals surface area contributed by atoms with Crippen LogP contribution in [0.4, 0.5) is 0 Å². The second-order valence-electron chi connectivity index (χ2n) is 6.79. The zero-order valence-electron chi connectivity index (χ0n) is 14.5. The van der Waals surface area contributed by atoms with Gasteiger partial charge in [0.15, 0.2) is 0 Å². The van der Waals surface area contributed by atoms with Crippen molar-refractivity contribution in [2.75, 3.05) is 0 Å². The van der Waals surface area contributed by atoms with Crippen LogP contribution in [0.5, 0.6) is 5.75 Å². The maximum absolute atomic E-state index is 10.5. The minimum absolute atomic E-state index is 0.0464. The van der Waals surface area contributed by atoms with Crippen LogP contribution in [0.15, 0.2) is 12.1 Å². The Bertz CT molecular complexity index is 391. The van der Waals surface area contributed by atoms with E-state index < -0.39 is 0 Å². The van der Waals surface area contributed by atoms with Gasteiger partial charge in [-0.2, -0.15) is 13.3 Å². The van der Waals surface area contributed by atoms with E-state index in [9.17, 15) is 5.11 Å². The number of benzene rings is 1. The Morgan fingerprint density at radius 2 is 1.24 bits per heavy atom. The molecule has 0 heterocycles. The molecule has 125 valence electrons. The van der Waals surface area contributed by atoms with Gasteiger partial charge in [0.25, 0.3) is 0 Å². The first kappa shape index (κ1) is 22.6. The predicted octanol–water partition coefficient (Wildman–Crippen LogP) is 5.08. The Morgan fingerprint density at radius 1 is 0.952 bits per heavy atom. The molecular weight excluding hydrogens is 307 g/mol. The summed E-state index contributed by atoms with van der Waals surface area (Å²) in [6, 6.07) is 4.16. The summed E-state index contributed by atoms with van der Waals surface area (Å²) in [6.07, 6.45) is 0.756. The van der Waals surface area contributed by atoms with Crippen molar-refractivity contribution in [2.45, 2.75) is 65.7 Å². The van der Waals surface area contributed by atoms with E-state index in [1.54, 1.807) is 6.92 Å². The quantitative estimate of drug-likeness (QED) is 0.725. The summed E-state index contributed by atoms with van der Waals surface area (Å²) in [4.78, 5) is 0. The van der Waals surface area contributed by atoms with Gasteiger partial charge in [0.1, 0.15) is 5.75 Å². The monoisotopic (exact) mass is 337 g/mol. The van der Waals surface area contributed by atoms with E-state index in [0.29, 0.717) is 5.75 Å². The third kappa shape index (κ3) is 6.75. The van der Waals surface area contributed by atoms with Gasteiger partial charge in [0.05, 0.1) is 0 Å². The van der Waals surface area contributed by atoms with Crippen molar-refractivity contribution in [1.82, 2.24) is 0 Å². The second kappa shape index (κ2) is 9.37. The van der Waals surface area contributed by atoms with Crippen molar-refractivity contribution in [1.29, 1.82) is 0 Å². The van der Waals surface area contributed by atoms with E-state index >= 15 is 0 Å². The molecule has 0 aliphatic carbocycles. The molecule has 3 heteroatoms. The third-order valence-corrected chi connectivity index (χ3v) is 3.07. The topological polar surface area (TPSA) is 37.3 Å². The van der Waals surface area contributed by atoms with Crippen molar-refractivity contribution >= 4 is 0 Å². The summed E-state index contributed by atoms with van der Waals surface area (Å²) in [6.45, 7) is 21.7. The molecule has 0 aromatic heterocycles. The predicted molar refractivity (Wildman–Crippen MR) is 86.3 cm³/mol. The van der Waals surface area contributed by atoms with E-state index in [1.807, 2.05) is 0 Å². The summed E-state index contributed by atoms with van der Waals surface area (Å²) in [5, 5.41) is 10.5. The van der Waals surface area contributed by atoms with E-state index in [4.69, 9.17) is 3.87 Å². The SMILES string of the molecule is [CH2-]C.[CH2-]Cc1cc(C(C)(C)C)c(O)c(C(C)(C)C)c1.[O]=[Co]. The van der Waals surface area contributed by atoms with Gasteiger partial charge in [-0.25, -0.2) is 0 Å². The molecule has 0 spiro atoms. The molecule has 0 aliphatic heterocycles. The van der Waals surface area contributed by atoms with Crippen molar-refractivity contribution in [3.05, 3.63) is 42.7 Å². The van der Waals surface area contributed by atoms with Crippen LogP contribution in [0.1, 0.15) is 65.2 Å². The molecule has 21 heavy (non-hydrogen) atoms. The zero-order valence-corrected chi connectivity index (χ0v) is 15.5. The third-order valence-electron chi connectivity index (χ3n) is 3.07. The van der Waals surface area contributed by atoms with Gasteiger partial charge in [-0.1, -0.05) is 59.2 Å². The minimum atomic E-state index is -0.0464. The molecule has 1 aromatic carbocycles. The summed E-state index contributed by atoms with van der Waals surface area (Å²) in [7, 11) is 0. The Balaban J connectivity index is 0. The van der Waals surface area contributed by atoms with Crippen LogP contribution in [-0.4, -0.2) is 5.11 Å². The fourth-order valence-corrected chi connectivity index (χ4v) is 1.98. The molecule has 0 unspecified atom stereocenters.